The highest BCUT2D eigenvalue weighted by Gasteiger charge is 2.23. The lowest BCUT2D eigenvalue weighted by molar-refractivity contribution is 0.186. The number of aryl methyl sites for hydroxylation is 1. The van der Waals surface area contributed by atoms with Crippen LogP contribution in [0.4, 0.5) is 5.82 Å². The minimum atomic E-state index is -3.57. The van der Waals surface area contributed by atoms with Gasteiger partial charge in [0.2, 0.25) is 10.0 Å². The van der Waals surface area contributed by atoms with Gasteiger partial charge in [-0.1, -0.05) is 0 Å². The number of rotatable bonds is 4. The monoisotopic (exact) mass is 260 g/mol. The maximum atomic E-state index is 11.9. The molecule has 1 aromatic heterocycles. The van der Waals surface area contributed by atoms with E-state index in [2.05, 4.69) is 9.82 Å². The highest BCUT2D eigenvalue weighted by atomic mass is 32.2. The van der Waals surface area contributed by atoms with Crippen molar-refractivity contribution in [2.24, 2.45) is 13.0 Å². The molecule has 1 atom stereocenters. The van der Waals surface area contributed by atoms with Crippen LogP contribution in [0, 0.1) is 5.92 Å². The van der Waals surface area contributed by atoms with Crippen LogP contribution >= 0.6 is 0 Å². The van der Waals surface area contributed by atoms with Gasteiger partial charge in [0, 0.05) is 26.4 Å². The number of nitrogen functional groups attached to an aromatic ring is 1. The van der Waals surface area contributed by atoms with E-state index in [0.717, 1.165) is 6.42 Å². The van der Waals surface area contributed by atoms with Gasteiger partial charge >= 0.3 is 0 Å². The number of anilines is 1. The van der Waals surface area contributed by atoms with Gasteiger partial charge in [-0.2, -0.15) is 5.10 Å². The Morgan fingerprint density at radius 2 is 2.47 bits per heavy atom. The predicted molar refractivity (Wildman–Crippen MR) is 61.7 cm³/mol. The zero-order valence-corrected chi connectivity index (χ0v) is 10.4. The van der Waals surface area contributed by atoms with E-state index < -0.39 is 10.0 Å². The molecule has 3 N–H and O–H groups in total. The van der Waals surface area contributed by atoms with Crippen LogP contribution < -0.4 is 10.5 Å². The number of hydrogen-bond donors (Lipinski definition) is 2. The van der Waals surface area contributed by atoms with E-state index in [-0.39, 0.29) is 16.6 Å². The van der Waals surface area contributed by atoms with E-state index in [4.69, 9.17) is 10.5 Å². The number of nitrogens with two attached hydrogens (primary N) is 1. The Balaban J connectivity index is 2.05. The quantitative estimate of drug-likeness (QED) is 0.747. The van der Waals surface area contributed by atoms with Gasteiger partial charge in [0.25, 0.3) is 0 Å². The molecule has 0 radical (unpaired) electrons. The summed E-state index contributed by atoms with van der Waals surface area (Å²) in [7, 11) is -1.95. The molecule has 0 aromatic carbocycles. The molecule has 1 fully saturated rings. The molecule has 1 saturated heterocycles. The smallest absolute Gasteiger partial charge is 0.245 e. The molecule has 0 spiro atoms. The molecule has 0 bridgehead atoms. The SMILES string of the molecule is Cn1cc(S(=O)(=O)NCC2CCOC2)c(N)n1. The van der Waals surface area contributed by atoms with Crippen LogP contribution in [0.2, 0.25) is 0 Å². The van der Waals surface area contributed by atoms with Crippen molar-refractivity contribution in [2.75, 3.05) is 25.5 Å². The van der Waals surface area contributed by atoms with Crippen LogP contribution in [0.3, 0.4) is 0 Å². The van der Waals surface area contributed by atoms with Crippen LogP contribution in [-0.2, 0) is 21.8 Å². The summed E-state index contributed by atoms with van der Waals surface area (Å²) in [5.74, 6) is 0.255. The first-order valence-electron chi connectivity index (χ1n) is 5.35. The first-order valence-corrected chi connectivity index (χ1v) is 6.84. The fourth-order valence-electron chi connectivity index (χ4n) is 1.74. The number of hydrogen-bond acceptors (Lipinski definition) is 5. The summed E-state index contributed by atoms with van der Waals surface area (Å²) in [4.78, 5) is 0.0268. The molecular weight excluding hydrogens is 244 g/mol. The summed E-state index contributed by atoms with van der Waals surface area (Å²) in [6.45, 7) is 1.67. The van der Waals surface area contributed by atoms with E-state index in [0.29, 0.717) is 19.8 Å². The van der Waals surface area contributed by atoms with Crippen molar-refractivity contribution < 1.29 is 13.2 Å². The van der Waals surface area contributed by atoms with E-state index in [1.807, 2.05) is 0 Å². The summed E-state index contributed by atoms with van der Waals surface area (Å²) in [5, 5.41) is 3.81. The summed E-state index contributed by atoms with van der Waals surface area (Å²) >= 11 is 0. The largest absolute Gasteiger partial charge is 0.381 e. The zero-order chi connectivity index (χ0) is 12.5. The summed E-state index contributed by atoms with van der Waals surface area (Å²) < 4.78 is 33.0. The van der Waals surface area contributed by atoms with Gasteiger partial charge in [0.05, 0.1) is 6.61 Å². The molecule has 1 aliphatic heterocycles. The molecule has 8 heteroatoms. The second-order valence-corrected chi connectivity index (χ2v) is 5.87. The van der Waals surface area contributed by atoms with Crippen LogP contribution in [-0.4, -0.2) is 38.0 Å². The van der Waals surface area contributed by atoms with Crippen LogP contribution in [0.15, 0.2) is 11.1 Å². The second-order valence-electron chi connectivity index (χ2n) is 4.13. The van der Waals surface area contributed by atoms with Gasteiger partial charge in [-0.3, -0.25) is 4.68 Å². The zero-order valence-electron chi connectivity index (χ0n) is 9.59. The first-order chi connectivity index (χ1) is 7.99. The molecule has 1 aliphatic rings. The van der Waals surface area contributed by atoms with E-state index in [1.54, 1.807) is 7.05 Å². The molecule has 1 unspecified atom stereocenters. The van der Waals surface area contributed by atoms with Crippen molar-refractivity contribution in [3.8, 4) is 0 Å². The van der Waals surface area contributed by atoms with Crippen molar-refractivity contribution in [1.82, 2.24) is 14.5 Å². The number of nitrogens with one attached hydrogen (secondary N) is 1. The molecule has 0 saturated carbocycles. The second kappa shape index (κ2) is 4.63. The van der Waals surface area contributed by atoms with E-state index in [9.17, 15) is 8.42 Å². The average Bonchev–Trinajstić information content (AvgIpc) is 2.85. The molecule has 0 aliphatic carbocycles. The van der Waals surface area contributed by atoms with Gasteiger partial charge in [-0.05, 0) is 12.3 Å². The average molecular weight is 260 g/mol. The third-order valence-electron chi connectivity index (χ3n) is 2.70. The lowest BCUT2D eigenvalue weighted by Gasteiger charge is -2.09. The van der Waals surface area contributed by atoms with Gasteiger partial charge in [-0.15, -0.1) is 0 Å². The molecule has 0 amide bonds. The molecule has 7 nitrogen and oxygen atoms in total. The van der Waals surface area contributed by atoms with E-state index >= 15 is 0 Å². The maximum absolute atomic E-state index is 11.9. The predicted octanol–water partition coefficient (Wildman–Crippen LogP) is -0.683. The molecule has 2 rings (SSSR count). The standard InChI is InChI=1S/C9H16N4O3S/c1-13-5-8(9(10)12-13)17(14,15)11-4-7-2-3-16-6-7/h5,7,11H,2-4,6H2,1H3,(H2,10,12). The third kappa shape index (κ3) is 2.76. The fraction of sp³-hybridized carbons (Fsp3) is 0.667. The van der Waals surface area contributed by atoms with Crippen LogP contribution in [0.1, 0.15) is 6.42 Å². The summed E-state index contributed by atoms with van der Waals surface area (Å²) in [5.41, 5.74) is 5.54. The summed E-state index contributed by atoms with van der Waals surface area (Å²) in [6.07, 6.45) is 2.27. The van der Waals surface area contributed by atoms with Crippen molar-refractivity contribution >= 4 is 15.8 Å². The fourth-order valence-corrected chi connectivity index (χ4v) is 2.96. The Labute approximate surface area is 100.0 Å². The van der Waals surface area contributed by atoms with Crippen LogP contribution in [0.25, 0.3) is 0 Å². The topological polar surface area (TPSA) is 99.2 Å². The molecule has 17 heavy (non-hydrogen) atoms. The lowest BCUT2D eigenvalue weighted by atomic mass is 10.1. The van der Waals surface area contributed by atoms with Crippen molar-refractivity contribution in [1.29, 1.82) is 0 Å². The normalized spacial score (nSPS) is 20.9. The third-order valence-corrected chi connectivity index (χ3v) is 4.14. The van der Waals surface area contributed by atoms with Gasteiger partial charge in [-0.25, -0.2) is 13.1 Å². The number of sulfonamides is 1. The lowest BCUT2D eigenvalue weighted by Crippen LogP contribution is -2.29. The Kier molecular flexibility index (Phi) is 3.36. The Bertz CT molecular complexity index is 490. The van der Waals surface area contributed by atoms with Crippen molar-refractivity contribution in [2.45, 2.75) is 11.3 Å². The number of ether oxygens (including phenoxy) is 1. The number of nitrogens with zero attached hydrogens (tertiary/aromatic N) is 2. The van der Waals surface area contributed by atoms with Crippen molar-refractivity contribution in [3.63, 3.8) is 0 Å². The van der Waals surface area contributed by atoms with Crippen molar-refractivity contribution in [3.05, 3.63) is 6.20 Å². The Morgan fingerprint density at radius 3 is 3.00 bits per heavy atom. The minimum Gasteiger partial charge on any atom is -0.381 e. The summed E-state index contributed by atoms with van der Waals surface area (Å²) in [6, 6.07) is 0. The highest BCUT2D eigenvalue weighted by Crippen LogP contribution is 2.17. The molecule has 1 aromatic rings. The van der Waals surface area contributed by atoms with Crippen LogP contribution in [0.5, 0.6) is 0 Å². The maximum Gasteiger partial charge on any atom is 0.245 e. The first kappa shape index (κ1) is 12.3. The van der Waals surface area contributed by atoms with Gasteiger partial charge < -0.3 is 10.5 Å². The van der Waals surface area contributed by atoms with Gasteiger partial charge in [0.15, 0.2) is 5.82 Å². The number of aromatic nitrogens is 2. The highest BCUT2D eigenvalue weighted by molar-refractivity contribution is 7.89. The Morgan fingerprint density at radius 1 is 1.71 bits per heavy atom. The Hall–Kier alpha value is -1.12. The molecule has 2 heterocycles. The van der Waals surface area contributed by atoms with Gasteiger partial charge in [0.1, 0.15) is 4.90 Å². The molecule has 96 valence electrons. The minimum absolute atomic E-state index is 0.0164. The van der Waals surface area contributed by atoms with E-state index in [1.165, 1.54) is 10.9 Å². The molecular formula is C9H16N4O3S.